The van der Waals surface area contributed by atoms with Gasteiger partial charge in [-0.25, -0.2) is 18.0 Å². The van der Waals surface area contributed by atoms with Crippen LogP contribution in [-0.2, 0) is 4.74 Å². The van der Waals surface area contributed by atoms with E-state index in [0.717, 1.165) is 6.07 Å². The fraction of sp³-hybridized carbons (Fsp3) is 0.364. The number of carbonyl (C=O) groups is 1. The standard InChI is InChI=1S/C11H11F3N2O5/c12-7-4-9(16(19)20)8(3-6(7)11(17)18)15-1-2-21-5-10(13)14/h3-4,10,15H,1-2,5H2,(H,17,18). The number of nitro benzene ring substituents is 1. The molecule has 0 aliphatic carbocycles. The maximum atomic E-state index is 13.4. The van der Waals surface area contributed by atoms with Crippen LogP contribution in [-0.4, -0.2) is 42.2 Å². The summed E-state index contributed by atoms with van der Waals surface area (Å²) in [5.74, 6) is -2.83. The summed E-state index contributed by atoms with van der Waals surface area (Å²) in [7, 11) is 0. The zero-order valence-corrected chi connectivity index (χ0v) is 10.5. The highest BCUT2D eigenvalue weighted by Gasteiger charge is 2.21. The number of anilines is 1. The van der Waals surface area contributed by atoms with Crippen LogP contribution in [0, 0.1) is 15.9 Å². The zero-order valence-electron chi connectivity index (χ0n) is 10.5. The van der Waals surface area contributed by atoms with Gasteiger partial charge in [-0.3, -0.25) is 10.1 Å². The van der Waals surface area contributed by atoms with Crippen molar-refractivity contribution in [3.63, 3.8) is 0 Å². The zero-order chi connectivity index (χ0) is 16.0. The Bertz CT molecular complexity index is 539. The summed E-state index contributed by atoms with van der Waals surface area (Å²) in [6.45, 7) is -1.05. The molecule has 0 saturated heterocycles. The van der Waals surface area contributed by atoms with Gasteiger partial charge in [0, 0.05) is 6.54 Å². The molecule has 10 heteroatoms. The Balaban J connectivity index is 2.81. The van der Waals surface area contributed by atoms with Gasteiger partial charge in [0.2, 0.25) is 0 Å². The molecule has 0 unspecified atom stereocenters. The van der Waals surface area contributed by atoms with Crippen molar-refractivity contribution in [3.8, 4) is 0 Å². The first kappa shape index (κ1) is 16.7. The molecule has 1 aromatic carbocycles. The highest BCUT2D eigenvalue weighted by Crippen LogP contribution is 2.27. The van der Waals surface area contributed by atoms with Gasteiger partial charge < -0.3 is 15.2 Å². The van der Waals surface area contributed by atoms with Crippen LogP contribution in [0.1, 0.15) is 10.4 Å². The van der Waals surface area contributed by atoms with Gasteiger partial charge in [0.25, 0.3) is 12.1 Å². The van der Waals surface area contributed by atoms with Gasteiger partial charge in [-0.2, -0.15) is 0 Å². The van der Waals surface area contributed by atoms with Crippen molar-refractivity contribution in [2.45, 2.75) is 6.43 Å². The van der Waals surface area contributed by atoms with Crippen LogP contribution < -0.4 is 5.32 Å². The molecule has 0 atom stereocenters. The normalized spacial score (nSPS) is 10.7. The van der Waals surface area contributed by atoms with Gasteiger partial charge in [-0.15, -0.1) is 0 Å². The molecular formula is C11H11F3N2O5. The fourth-order valence-electron chi connectivity index (χ4n) is 1.45. The average molecular weight is 308 g/mol. The van der Waals surface area contributed by atoms with Crippen molar-refractivity contribution < 1.29 is 32.7 Å². The molecule has 0 aliphatic rings. The van der Waals surface area contributed by atoms with Crippen molar-refractivity contribution in [2.75, 3.05) is 25.1 Å². The number of ether oxygens (including phenoxy) is 1. The second kappa shape index (κ2) is 7.43. The lowest BCUT2D eigenvalue weighted by Crippen LogP contribution is -2.14. The number of hydrogen-bond acceptors (Lipinski definition) is 5. The van der Waals surface area contributed by atoms with E-state index in [-0.39, 0.29) is 18.8 Å². The van der Waals surface area contributed by atoms with Crippen LogP contribution in [0.15, 0.2) is 12.1 Å². The molecule has 0 fully saturated rings. The summed E-state index contributed by atoms with van der Waals surface area (Å²) in [4.78, 5) is 20.6. The molecule has 0 radical (unpaired) electrons. The third-order valence-corrected chi connectivity index (χ3v) is 2.32. The van der Waals surface area contributed by atoms with Crippen molar-refractivity contribution in [1.29, 1.82) is 0 Å². The van der Waals surface area contributed by atoms with E-state index >= 15 is 0 Å². The lowest BCUT2D eigenvalue weighted by Gasteiger charge is -2.09. The number of alkyl halides is 2. The van der Waals surface area contributed by atoms with E-state index in [1.165, 1.54) is 0 Å². The molecule has 0 amide bonds. The minimum absolute atomic E-state index is 0.0851. The summed E-state index contributed by atoms with van der Waals surface area (Å²) in [6, 6.07) is 1.24. The molecule has 0 heterocycles. The summed E-state index contributed by atoms with van der Waals surface area (Å²) in [5, 5.41) is 21.9. The highest BCUT2D eigenvalue weighted by atomic mass is 19.3. The third-order valence-electron chi connectivity index (χ3n) is 2.32. The summed E-state index contributed by atoms with van der Waals surface area (Å²) < 4.78 is 41.5. The number of halogens is 3. The molecule has 2 N–H and O–H groups in total. The quantitative estimate of drug-likeness (QED) is 0.433. The lowest BCUT2D eigenvalue weighted by molar-refractivity contribution is -0.384. The predicted octanol–water partition coefficient (Wildman–Crippen LogP) is 2.13. The van der Waals surface area contributed by atoms with Crippen LogP contribution in [0.25, 0.3) is 0 Å². The second-order valence-electron chi connectivity index (χ2n) is 3.80. The van der Waals surface area contributed by atoms with E-state index in [1.807, 2.05) is 0 Å². The summed E-state index contributed by atoms with van der Waals surface area (Å²) in [6.07, 6.45) is -2.64. The van der Waals surface area contributed by atoms with Crippen LogP contribution in [0.2, 0.25) is 0 Å². The maximum absolute atomic E-state index is 13.4. The van der Waals surface area contributed by atoms with E-state index in [0.29, 0.717) is 6.07 Å². The van der Waals surface area contributed by atoms with Crippen molar-refractivity contribution in [3.05, 3.63) is 33.6 Å². The Morgan fingerprint density at radius 2 is 2.14 bits per heavy atom. The number of hydrogen-bond donors (Lipinski definition) is 2. The van der Waals surface area contributed by atoms with Crippen molar-refractivity contribution in [1.82, 2.24) is 0 Å². The second-order valence-corrected chi connectivity index (χ2v) is 3.80. The maximum Gasteiger partial charge on any atom is 0.338 e. The van der Waals surface area contributed by atoms with Gasteiger partial charge in [-0.05, 0) is 6.07 Å². The van der Waals surface area contributed by atoms with E-state index in [1.54, 1.807) is 0 Å². The lowest BCUT2D eigenvalue weighted by atomic mass is 10.1. The van der Waals surface area contributed by atoms with Gasteiger partial charge in [0.1, 0.15) is 18.1 Å². The number of nitrogens with zero attached hydrogens (tertiary/aromatic N) is 1. The van der Waals surface area contributed by atoms with Crippen molar-refractivity contribution >= 4 is 17.3 Å². The van der Waals surface area contributed by atoms with Gasteiger partial charge in [0.05, 0.1) is 23.2 Å². The van der Waals surface area contributed by atoms with Gasteiger partial charge >= 0.3 is 5.97 Å². The van der Waals surface area contributed by atoms with Gasteiger partial charge in [-0.1, -0.05) is 0 Å². The monoisotopic (exact) mass is 308 g/mol. The summed E-state index contributed by atoms with van der Waals surface area (Å²) >= 11 is 0. The molecule has 0 aliphatic heterocycles. The number of carboxylic acids is 1. The summed E-state index contributed by atoms with van der Waals surface area (Å²) in [5.41, 5.74) is -1.64. The van der Waals surface area contributed by atoms with E-state index in [9.17, 15) is 28.1 Å². The fourth-order valence-corrected chi connectivity index (χ4v) is 1.45. The van der Waals surface area contributed by atoms with Crippen LogP contribution in [0.5, 0.6) is 0 Å². The number of rotatable bonds is 8. The molecule has 0 saturated carbocycles. The minimum atomic E-state index is -2.64. The minimum Gasteiger partial charge on any atom is -0.478 e. The Hall–Kier alpha value is -2.36. The number of benzene rings is 1. The molecular weight excluding hydrogens is 297 g/mol. The number of aromatic carboxylic acids is 1. The first-order chi connectivity index (χ1) is 9.82. The highest BCUT2D eigenvalue weighted by molar-refractivity contribution is 5.90. The number of carboxylic acid groups (broad SMARTS) is 1. The van der Waals surface area contributed by atoms with Crippen molar-refractivity contribution in [2.24, 2.45) is 0 Å². The average Bonchev–Trinajstić information content (AvgIpc) is 2.38. The number of nitrogens with one attached hydrogen (secondary N) is 1. The molecule has 0 bridgehead atoms. The Morgan fingerprint density at radius 1 is 1.48 bits per heavy atom. The van der Waals surface area contributed by atoms with Crippen LogP contribution >= 0.6 is 0 Å². The molecule has 0 spiro atoms. The largest absolute Gasteiger partial charge is 0.478 e. The Kier molecular flexibility index (Phi) is 5.91. The molecule has 1 aromatic rings. The topological polar surface area (TPSA) is 102 Å². The van der Waals surface area contributed by atoms with Crippen LogP contribution in [0.3, 0.4) is 0 Å². The van der Waals surface area contributed by atoms with Crippen LogP contribution in [0.4, 0.5) is 24.5 Å². The number of nitro groups is 1. The van der Waals surface area contributed by atoms with E-state index in [2.05, 4.69) is 10.1 Å². The molecule has 0 aromatic heterocycles. The Morgan fingerprint density at radius 3 is 2.67 bits per heavy atom. The smallest absolute Gasteiger partial charge is 0.338 e. The molecule has 1 rings (SSSR count). The SMILES string of the molecule is O=C(O)c1cc(NCCOCC(F)F)c([N+](=O)[O-])cc1F. The molecule has 7 nitrogen and oxygen atoms in total. The predicted molar refractivity (Wildman–Crippen MR) is 65.3 cm³/mol. The van der Waals surface area contributed by atoms with E-state index in [4.69, 9.17) is 5.11 Å². The van der Waals surface area contributed by atoms with E-state index < -0.39 is 41.0 Å². The van der Waals surface area contributed by atoms with Gasteiger partial charge in [0.15, 0.2) is 0 Å². The molecule has 116 valence electrons. The third kappa shape index (κ3) is 4.91. The Labute approximate surface area is 116 Å². The molecule has 21 heavy (non-hydrogen) atoms. The first-order valence-corrected chi connectivity index (χ1v) is 5.64. The first-order valence-electron chi connectivity index (χ1n) is 5.64.